The number of hydrogen-bond acceptors (Lipinski definition) is 5. The monoisotopic (exact) mass is 279 g/mol. The molecule has 0 saturated carbocycles. The summed E-state index contributed by atoms with van der Waals surface area (Å²) >= 11 is 0. The van der Waals surface area contributed by atoms with Crippen LogP contribution in [0.15, 0.2) is 0 Å². The third kappa shape index (κ3) is 3680. The van der Waals surface area contributed by atoms with Gasteiger partial charge >= 0.3 is 72.2 Å². The predicted molar refractivity (Wildman–Crippen MR) is 38.9 cm³/mol. The van der Waals surface area contributed by atoms with Gasteiger partial charge in [0.05, 0.1) is 0 Å². The number of rotatable bonds is 0. The first-order valence-electron chi connectivity index (χ1n) is 1.82. The molecule has 0 spiro atoms. The van der Waals surface area contributed by atoms with E-state index in [4.69, 9.17) is 46.1 Å². The minimum Gasteiger partial charge on any atom is -1.00 e. The van der Waals surface area contributed by atoms with E-state index >= 15 is 0 Å². The first-order chi connectivity index (χ1) is 5.41. The van der Waals surface area contributed by atoms with Crippen LogP contribution in [0.2, 0.25) is 0 Å². The largest absolute Gasteiger partial charge is 1.00 e. The van der Waals surface area contributed by atoms with Crippen LogP contribution >= 0.6 is 0 Å². The molecule has 82 valence electrons. The predicted octanol–water partition coefficient (Wildman–Crippen LogP) is -3.31. The number of nitrogens with zero attached hydrogens (tertiary/aromatic N) is 2. The van der Waals surface area contributed by atoms with Crippen molar-refractivity contribution in [1.29, 1.82) is 5.53 Å². The molecule has 0 aromatic carbocycles. The van der Waals surface area contributed by atoms with Crippen molar-refractivity contribution in [1.82, 2.24) is 0 Å². The minimum atomic E-state index is -4.67. The molecule has 5 N–H and O–H groups in total. The van der Waals surface area contributed by atoms with Gasteiger partial charge in [-0.3, -0.25) is 18.2 Å². The fraction of sp³-hybridized carbons (Fsp3) is 0. The Morgan fingerprint density at radius 1 is 1.00 bits per heavy atom. The maximum absolute atomic E-state index is 8.74. The summed E-state index contributed by atoms with van der Waals surface area (Å²) in [5.41, 5.74) is 12.2. The van der Waals surface area contributed by atoms with Gasteiger partial charge in [-0.05, 0) is 10.4 Å². The van der Waals surface area contributed by atoms with Crippen LogP contribution < -0.4 is 51.4 Å². The standard InChI is InChI=1S/K.HN3.2H2O4S.H/c;1-3-2;2*1-5(2,3)4;/h;1H;2*(H2,1,2,3,4);/q+1;;;;-1. The Kier molecular flexibility index (Phi) is 20.2. The van der Waals surface area contributed by atoms with Crippen LogP contribution in [0, 0.1) is 5.53 Å². The van der Waals surface area contributed by atoms with Crippen LogP contribution in [-0.2, 0) is 20.8 Å². The molecule has 0 saturated heterocycles. The Balaban J connectivity index is -0.0000000322. The quantitative estimate of drug-likeness (QED) is 0.0992. The van der Waals surface area contributed by atoms with Crippen molar-refractivity contribution in [2.75, 3.05) is 0 Å². The normalized spacial score (nSPS) is 8.86. The first kappa shape index (κ1) is 24.1. The molecule has 0 aromatic heterocycles. The minimum absolute atomic E-state index is 0. The van der Waals surface area contributed by atoms with Gasteiger partial charge in [0.25, 0.3) is 0 Å². The summed E-state index contributed by atoms with van der Waals surface area (Å²) in [6.45, 7) is 0. The van der Waals surface area contributed by atoms with Gasteiger partial charge in [0.2, 0.25) is 0 Å². The second kappa shape index (κ2) is 11.8. The molecule has 0 rings (SSSR count). The van der Waals surface area contributed by atoms with Crippen LogP contribution in [-0.4, -0.2) is 35.0 Å². The van der Waals surface area contributed by atoms with E-state index in [2.05, 4.69) is 0 Å². The molecule has 0 radical (unpaired) electrons. The Morgan fingerprint density at radius 2 is 1.00 bits per heavy atom. The van der Waals surface area contributed by atoms with Gasteiger partial charge in [-0.15, -0.1) is 5.53 Å². The van der Waals surface area contributed by atoms with Gasteiger partial charge in [-0.25, -0.2) is 0 Å². The third-order valence-corrected chi connectivity index (χ3v) is 0. The molecule has 0 fully saturated rings. The topological polar surface area (TPSA) is 209 Å². The zero-order chi connectivity index (χ0) is 11.7. The van der Waals surface area contributed by atoms with Crippen molar-refractivity contribution < 1.29 is 87.9 Å². The van der Waals surface area contributed by atoms with Crippen LogP contribution in [0.1, 0.15) is 1.43 Å². The molecule has 0 atom stereocenters. The van der Waals surface area contributed by atoms with Crippen LogP contribution in [0.25, 0.3) is 10.4 Å². The molecule has 11 nitrogen and oxygen atoms in total. The van der Waals surface area contributed by atoms with Crippen LogP contribution in [0.3, 0.4) is 0 Å². The summed E-state index contributed by atoms with van der Waals surface area (Å²) < 4.78 is 63.2. The molecule has 0 bridgehead atoms. The summed E-state index contributed by atoms with van der Waals surface area (Å²) in [5.74, 6) is 0. The molecule has 0 aliphatic heterocycles. The van der Waals surface area contributed by atoms with E-state index < -0.39 is 20.8 Å². The molecular formula is H6KN3O8S2. The maximum atomic E-state index is 8.74. The van der Waals surface area contributed by atoms with Crippen LogP contribution in [0.4, 0.5) is 0 Å². The fourth-order valence-electron chi connectivity index (χ4n) is 0. The van der Waals surface area contributed by atoms with E-state index in [0.717, 1.165) is 0 Å². The van der Waals surface area contributed by atoms with Gasteiger partial charge in [0.15, 0.2) is 0 Å². The Bertz CT molecular complexity index is 292. The second-order valence-corrected chi connectivity index (χ2v) is 2.79. The Hall–Kier alpha value is 0.686. The average molecular weight is 279 g/mol. The van der Waals surface area contributed by atoms with Crippen LogP contribution in [0.5, 0.6) is 0 Å². The zero-order valence-corrected chi connectivity index (χ0v) is 11.4. The molecule has 0 heterocycles. The Morgan fingerprint density at radius 3 is 1.00 bits per heavy atom. The van der Waals surface area contributed by atoms with E-state index in [1.54, 1.807) is 4.91 Å². The zero-order valence-electron chi connectivity index (χ0n) is 7.63. The van der Waals surface area contributed by atoms with E-state index in [9.17, 15) is 0 Å². The molecule has 14 heteroatoms. The van der Waals surface area contributed by atoms with E-state index in [1.165, 1.54) is 0 Å². The molecular weight excluding hydrogens is 273 g/mol. The van der Waals surface area contributed by atoms with Crippen molar-refractivity contribution in [3.8, 4) is 0 Å². The van der Waals surface area contributed by atoms with E-state index in [-0.39, 0.29) is 52.8 Å². The van der Waals surface area contributed by atoms with Crippen molar-refractivity contribution in [2.24, 2.45) is 0 Å². The average Bonchev–Trinajstić information content (AvgIpc) is 1.52. The first-order valence-corrected chi connectivity index (χ1v) is 4.61. The van der Waals surface area contributed by atoms with Gasteiger partial charge in [-0.1, -0.05) is 0 Å². The number of hydrogen-bond donors (Lipinski definition) is 5. The summed E-state index contributed by atoms with van der Waals surface area (Å²) in [6.07, 6.45) is 0. The fourth-order valence-corrected chi connectivity index (χ4v) is 0. The van der Waals surface area contributed by atoms with E-state index in [0.29, 0.717) is 0 Å². The maximum Gasteiger partial charge on any atom is 1.00 e. The SMILES string of the molecule is O=S(=O)(O)O.O=S(=O)(O)O.[H-].[K+].[N-]=[N+]=N. The summed E-state index contributed by atoms with van der Waals surface area (Å²) in [5, 5.41) is 0. The van der Waals surface area contributed by atoms with Crippen molar-refractivity contribution >= 4 is 20.8 Å². The molecule has 0 aromatic rings. The van der Waals surface area contributed by atoms with Crippen molar-refractivity contribution in [3.63, 3.8) is 0 Å². The number of nitrogens with one attached hydrogen (secondary N) is 1. The van der Waals surface area contributed by atoms with Gasteiger partial charge < -0.3 is 1.43 Å². The smallest absolute Gasteiger partial charge is 1.00 e. The molecule has 0 unspecified atom stereocenters. The van der Waals surface area contributed by atoms with E-state index in [1.807, 2.05) is 0 Å². The van der Waals surface area contributed by atoms with Crippen molar-refractivity contribution in [3.05, 3.63) is 10.4 Å². The molecule has 0 amide bonds. The summed E-state index contributed by atoms with van der Waals surface area (Å²) in [4.78, 5) is 1.75. The van der Waals surface area contributed by atoms with Gasteiger partial charge in [0.1, 0.15) is 0 Å². The molecule has 0 aliphatic rings. The summed E-state index contributed by atoms with van der Waals surface area (Å²) in [6, 6.07) is 0. The summed E-state index contributed by atoms with van der Waals surface area (Å²) in [7, 11) is -9.33. The second-order valence-electron chi connectivity index (χ2n) is 0.996. The van der Waals surface area contributed by atoms with Gasteiger partial charge in [0, 0.05) is 0 Å². The molecule has 0 aliphatic carbocycles. The Labute approximate surface area is 123 Å². The molecule has 14 heavy (non-hydrogen) atoms. The van der Waals surface area contributed by atoms with Crippen molar-refractivity contribution in [2.45, 2.75) is 0 Å². The third-order valence-electron chi connectivity index (χ3n) is 0. The van der Waals surface area contributed by atoms with Gasteiger partial charge in [-0.2, -0.15) is 16.8 Å².